The van der Waals surface area contributed by atoms with Gasteiger partial charge in [-0.05, 0) is 75.6 Å². The van der Waals surface area contributed by atoms with Crippen LogP contribution in [0.2, 0.25) is 0 Å². The van der Waals surface area contributed by atoms with Crippen molar-refractivity contribution in [3.05, 3.63) is 48.5 Å². The lowest BCUT2D eigenvalue weighted by molar-refractivity contribution is 0.00782. The second-order valence-electron chi connectivity index (χ2n) is 14.9. The lowest BCUT2D eigenvalue weighted by Gasteiger charge is -2.45. The Morgan fingerprint density at radius 1 is 0.364 bits per heavy atom. The highest BCUT2D eigenvalue weighted by Gasteiger charge is 2.42. The Bertz CT molecular complexity index is 1040. The predicted molar refractivity (Wildman–Crippen MR) is 182 cm³/mol. The van der Waals surface area contributed by atoms with Gasteiger partial charge in [0.1, 0.15) is 0 Å². The summed E-state index contributed by atoms with van der Waals surface area (Å²) in [5, 5.41) is 40.3. The highest BCUT2D eigenvalue weighted by Crippen LogP contribution is 2.42. The van der Waals surface area contributed by atoms with E-state index < -0.39 is 0 Å². The van der Waals surface area contributed by atoms with Crippen molar-refractivity contribution in [2.75, 3.05) is 21.3 Å². The van der Waals surface area contributed by atoms with Crippen molar-refractivity contribution >= 4 is 22.7 Å². The number of aliphatic hydroxyl groups excluding tert-OH is 2. The van der Waals surface area contributed by atoms with E-state index in [4.69, 9.17) is 0 Å². The third kappa shape index (κ3) is 6.44. The summed E-state index contributed by atoms with van der Waals surface area (Å²) in [6.45, 7) is 0. The molecule has 2 aromatic carbocycles. The van der Waals surface area contributed by atoms with Crippen LogP contribution < -0.4 is 21.3 Å². The SMILES string of the molecule is OC1C2CCCCC2Nc2ccccc2NC2CCCCC2C(O)C2CCCCC2Nc2ccccc2NC2CCCCC21. The Kier molecular flexibility index (Phi) is 9.55. The fourth-order valence-electron chi connectivity index (χ4n) is 9.89. The standard InChI is InChI=1S/C38H56N4O2/c43-37-25-13-1-5-17-29(25)39-33-21-9-10-22-34(33)41-31-19-7-3-15-27(31)38(44)28-16-4-8-20-32(28)42-36-24-12-11-23-35(36)40-30-18-6-2-14-26(30)37/h9-12,21-32,37-44H,1-8,13-20H2. The molecule has 8 atom stereocenters. The third-order valence-corrected chi connectivity index (χ3v) is 12.3. The van der Waals surface area contributed by atoms with Gasteiger partial charge in [0.2, 0.25) is 0 Å². The van der Waals surface area contributed by atoms with Crippen molar-refractivity contribution in [1.82, 2.24) is 0 Å². The number of rotatable bonds is 0. The van der Waals surface area contributed by atoms with Gasteiger partial charge in [-0.3, -0.25) is 0 Å². The van der Waals surface area contributed by atoms with E-state index in [1.807, 2.05) is 0 Å². The molecule has 1 heterocycles. The minimum atomic E-state index is -0.328. The van der Waals surface area contributed by atoms with E-state index in [0.717, 1.165) is 74.1 Å². The number of anilines is 4. The van der Waals surface area contributed by atoms with Gasteiger partial charge >= 0.3 is 0 Å². The quantitative estimate of drug-likeness (QED) is 0.184. The average Bonchev–Trinajstić information content (AvgIpc) is 3.07. The first-order chi connectivity index (χ1) is 21.7. The number of para-hydroxylation sites is 4. The molecule has 0 saturated heterocycles. The first kappa shape index (κ1) is 30.2. The maximum Gasteiger partial charge on any atom is 0.0635 e. The van der Waals surface area contributed by atoms with E-state index in [2.05, 4.69) is 69.8 Å². The van der Waals surface area contributed by atoms with Crippen LogP contribution in [0.4, 0.5) is 22.7 Å². The van der Waals surface area contributed by atoms with Crippen molar-refractivity contribution in [3.63, 3.8) is 0 Å². The third-order valence-electron chi connectivity index (χ3n) is 12.3. The minimum absolute atomic E-state index is 0.240. The van der Waals surface area contributed by atoms with Crippen molar-refractivity contribution in [2.24, 2.45) is 23.7 Å². The summed E-state index contributed by atoms with van der Waals surface area (Å²) in [7, 11) is 0. The van der Waals surface area contributed by atoms with Gasteiger partial charge < -0.3 is 31.5 Å². The molecule has 0 amide bonds. The summed E-state index contributed by atoms with van der Waals surface area (Å²) in [4.78, 5) is 0. The Labute approximate surface area is 265 Å². The van der Waals surface area contributed by atoms with Crippen molar-refractivity contribution < 1.29 is 10.2 Å². The molecule has 5 aliphatic rings. The summed E-state index contributed by atoms with van der Waals surface area (Å²) in [5.41, 5.74) is 4.61. The number of aliphatic hydroxyl groups is 2. The first-order valence-corrected chi connectivity index (χ1v) is 18.3. The summed E-state index contributed by atoms with van der Waals surface area (Å²) < 4.78 is 0. The van der Waals surface area contributed by atoms with Gasteiger partial charge in [0.15, 0.2) is 0 Å². The van der Waals surface area contributed by atoms with Gasteiger partial charge in [0, 0.05) is 47.8 Å². The molecule has 0 spiro atoms. The smallest absolute Gasteiger partial charge is 0.0635 e. The van der Waals surface area contributed by atoms with Crippen LogP contribution in [0.1, 0.15) is 103 Å². The molecule has 6 N–H and O–H groups in total. The van der Waals surface area contributed by atoms with Crippen molar-refractivity contribution in [1.29, 1.82) is 0 Å². The molecule has 0 aromatic heterocycles. The molecule has 7 rings (SSSR count). The lowest BCUT2D eigenvalue weighted by atomic mass is 9.71. The van der Waals surface area contributed by atoms with Crippen LogP contribution >= 0.6 is 0 Å². The molecule has 6 nitrogen and oxygen atoms in total. The molecule has 44 heavy (non-hydrogen) atoms. The van der Waals surface area contributed by atoms with Gasteiger partial charge in [0.05, 0.1) is 35.0 Å². The zero-order valence-electron chi connectivity index (χ0n) is 26.6. The number of fused-ring (bicyclic) bond motifs is 6. The number of hydrogen-bond acceptors (Lipinski definition) is 6. The molecule has 4 aliphatic carbocycles. The molecule has 6 heteroatoms. The molecule has 8 unspecified atom stereocenters. The number of benzene rings is 2. The van der Waals surface area contributed by atoms with Crippen LogP contribution in [0.15, 0.2) is 48.5 Å². The number of hydrogen-bond donors (Lipinski definition) is 6. The molecule has 240 valence electrons. The van der Waals surface area contributed by atoms with Gasteiger partial charge in [-0.1, -0.05) is 75.6 Å². The highest BCUT2D eigenvalue weighted by molar-refractivity contribution is 5.70. The topological polar surface area (TPSA) is 88.6 Å². The molecule has 2 aromatic rings. The molecule has 1 aliphatic heterocycles. The Morgan fingerprint density at radius 2 is 0.591 bits per heavy atom. The van der Waals surface area contributed by atoms with Gasteiger partial charge in [-0.2, -0.15) is 0 Å². The maximum absolute atomic E-state index is 12.2. The lowest BCUT2D eigenvalue weighted by Crippen LogP contribution is -2.49. The molecule has 0 radical (unpaired) electrons. The summed E-state index contributed by atoms with van der Waals surface area (Å²) in [6, 6.07) is 18.4. The Morgan fingerprint density at radius 3 is 0.841 bits per heavy atom. The van der Waals surface area contributed by atoms with Crippen LogP contribution in [0.3, 0.4) is 0 Å². The van der Waals surface area contributed by atoms with Crippen LogP contribution in [-0.2, 0) is 0 Å². The maximum atomic E-state index is 12.2. The van der Waals surface area contributed by atoms with Crippen molar-refractivity contribution in [2.45, 2.75) is 139 Å². The monoisotopic (exact) mass is 600 g/mol. The van der Waals surface area contributed by atoms with Crippen LogP contribution in [-0.4, -0.2) is 46.6 Å². The molecular weight excluding hydrogens is 544 g/mol. The second-order valence-corrected chi connectivity index (χ2v) is 14.9. The Hall–Kier alpha value is -2.44. The zero-order chi connectivity index (χ0) is 29.9. The molecule has 0 bridgehead atoms. The van der Waals surface area contributed by atoms with Gasteiger partial charge in [-0.15, -0.1) is 0 Å². The van der Waals surface area contributed by atoms with Crippen LogP contribution in [0.25, 0.3) is 0 Å². The summed E-state index contributed by atoms with van der Waals surface area (Å²) in [5.74, 6) is 0.958. The fraction of sp³-hybridized carbons (Fsp3) is 0.684. The molecule has 4 saturated carbocycles. The van der Waals surface area contributed by atoms with E-state index >= 15 is 0 Å². The second kappa shape index (κ2) is 13.9. The van der Waals surface area contributed by atoms with Gasteiger partial charge in [0.25, 0.3) is 0 Å². The Balaban J connectivity index is 1.26. The van der Waals surface area contributed by atoms with E-state index in [0.29, 0.717) is 0 Å². The number of nitrogens with one attached hydrogen (secondary N) is 4. The van der Waals surface area contributed by atoms with E-state index in [1.165, 1.54) is 51.4 Å². The van der Waals surface area contributed by atoms with E-state index in [1.54, 1.807) is 0 Å². The predicted octanol–water partition coefficient (Wildman–Crippen LogP) is 8.01. The molecule has 4 fully saturated rings. The van der Waals surface area contributed by atoms with E-state index in [-0.39, 0.29) is 60.0 Å². The average molecular weight is 601 g/mol. The normalized spacial score (nSPS) is 38.0. The van der Waals surface area contributed by atoms with Gasteiger partial charge in [-0.25, -0.2) is 0 Å². The zero-order valence-corrected chi connectivity index (χ0v) is 26.6. The van der Waals surface area contributed by atoms with Crippen LogP contribution in [0, 0.1) is 23.7 Å². The molecular formula is C38H56N4O2. The summed E-state index contributed by atoms with van der Waals surface area (Å²) in [6.07, 6.45) is 17.7. The first-order valence-electron chi connectivity index (χ1n) is 18.3. The van der Waals surface area contributed by atoms with Crippen LogP contribution in [0.5, 0.6) is 0 Å². The fourth-order valence-corrected chi connectivity index (χ4v) is 9.89. The van der Waals surface area contributed by atoms with Crippen molar-refractivity contribution in [3.8, 4) is 0 Å². The van der Waals surface area contributed by atoms with E-state index in [9.17, 15) is 10.2 Å². The minimum Gasteiger partial charge on any atom is -0.392 e. The largest absolute Gasteiger partial charge is 0.392 e. The summed E-state index contributed by atoms with van der Waals surface area (Å²) >= 11 is 0. The highest BCUT2D eigenvalue weighted by atomic mass is 16.3.